The lowest BCUT2D eigenvalue weighted by atomic mass is 9.78. The van der Waals surface area contributed by atoms with Crippen LogP contribution in [0.4, 0.5) is 28.9 Å². The number of benzene rings is 1. The summed E-state index contributed by atoms with van der Waals surface area (Å²) in [5, 5.41) is 11.8. The van der Waals surface area contributed by atoms with Gasteiger partial charge in [0.25, 0.3) is 0 Å². The Morgan fingerprint density at radius 2 is 2.06 bits per heavy atom. The minimum absolute atomic E-state index is 0. The summed E-state index contributed by atoms with van der Waals surface area (Å²) in [5.74, 6) is 0.600. The minimum Gasteiger partial charge on any atom is -0.441 e. The molecule has 1 N–H and O–H groups in total. The average Bonchev–Trinajstić information content (AvgIpc) is 3.33. The number of amides is 1. The summed E-state index contributed by atoms with van der Waals surface area (Å²) in [4.78, 5) is 18.3. The van der Waals surface area contributed by atoms with Gasteiger partial charge >= 0.3 is 12.5 Å². The zero-order valence-electron chi connectivity index (χ0n) is 17.7. The molecular weight excluding hydrogens is 495 g/mol. The molecule has 2 aromatic heterocycles. The van der Waals surface area contributed by atoms with Crippen LogP contribution in [0.25, 0.3) is 10.2 Å². The second-order valence-corrected chi connectivity index (χ2v) is 9.27. The Morgan fingerprint density at radius 3 is 2.76 bits per heavy atom. The highest BCUT2D eigenvalue weighted by Crippen LogP contribution is 2.40. The third-order valence-corrected chi connectivity index (χ3v) is 6.93. The molecule has 2 fully saturated rings. The van der Waals surface area contributed by atoms with E-state index in [2.05, 4.69) is 25.2 Å². The lowest BCUT2D eigenvalue weighted by molar-refractivity contribution is -0.274. The molecule has 0 radical (unpaired) electrons. The summed E-state index contributed by atoms with van der Waals surface area (Å²) in [6.07, 6.45) is -0.308. The van der Waals surface area contributed by atoms with Crippen molar-refractivity contribution in [3.8, 4) is 5.75 Å². The van der Waals surface area contributed by atoms with Crippen molar-refractivity contribution < 1.29 is 27.4 Å². The van der Waals surface area contributed by atoms with Gasteiger partial charge in [-0.3, -0.25) is 4.90 Å². The van der Waals surface area contributed by atoms with Gasteiger partial charge in [-0.1, -0.05) is 11.3 Å². The third kappa shape index (κ3) is 5.27. The van der Waals surface area contributed by atoms with Crippen molar-refractivity contribution in [3.63, 3.8) is 0 Å². The second kappa shape index (κ2) is 9.41. The molecule has 1 amide bonds. The van der Waals surface area contributed by atoms with Crippen molar-refractivity contribution in [2.45, 2.75) is 37.6 Å². The molecule has 1 aromatic carbocycles. The number of hydrogen-bond donors (Lipinski definition) is 1. The molecule has 1 saturated carbocycles. The van der Waals surface area contributed by atoms with Crippen LogP contribution in [-0.2, 0) is 4.74 Å². The smallest absolute Gasteiger partial charge is 0.441 e. The van der Waals surface area contributed by atoms with Gasteiger partial charge in [-0.25, -0.2) is 9.78 Å². The largest absolute Gasteiger partial charge is 0.573 e. The lowest BCUT2D eigenvalue weighted by Gasteiger charge is -2.35. The summed E-state index contributed by atoms with van der Waals surface area (Å²) < 4.78 is 47.6. The van der Waals surface area contributed by atoms with E-state index >= 15 is 0 Å². The normalized spacial score (nSPS) is 22.5. The van der Waals surface area contributed by atoms with Crippen molar-refractivity contribution in [1.82, 2.24) is 15.2 Å². The van der Waals surface area contributed by atoms with Crippen LogP contribution in [-0.4, -0.2) is 46.3 Å². The number of carbonyl (C=O) groups excluding carboxylic acids is 1. The number of carbonyl (C=O) groups is 1. The lowest BCUT2D eigenvalue weighted by Crippen LogP contribution is -2.39. The summed E-state index contributed by atoms with van der Waals surface area (Å²) in [6, 6.07) is 7.58. The van der Waals surface area contributed by atoms with Crippen LogP contribution in [0, 0.1) is 5.92 Å². The molecule has 1 spiro atoms. The quantitative estimate of drug-likeness (QED) is 0.486. The van der Waals surface area contributed by atoms with Gasteiger partial charge < -0.3 is 14.8 Å². The molecule has 2 aliphatic rings. The number of ether oxygens (including phenoxy) is 2. The maximum absolute atomic E-state index is 12.4. The van der Waals surface area contributed by atoms with E-state index in [1.807, 2.05) is 0 Å². The number of thiazole rings is 1. The first-order valence-electron chi connectivity index (χ1n) is 10.5. The number of fused-ring (bicyclic) bond motifs is 1. The van der Waals surface area contributed by atoms with E-state index in [0.29, 0.717) is 40.2 Å². The van der Waals surface area contributed by atoms with Crippen molar-refractivity contribution in [2.75, 3.05) is 23.3 Å². The highest BCUT2D eigenvalue weighted by Gasteiger charge is 2.48. The molecule has 8 nitrogen and oxygen atoms in total. The first kappa shape index (κ1) is 24.3. The summed E-state index contributed by atoms with van der Waals surface area (Å²) in [5.41, 5.74) is 0.108. The maximum atomic E-state index is 12.4. The van der Waals surface area contributed by atoms with E-state index < -0.39 is 18.1 Å². The van der Waals surface area contributed by atoms with E-state index in [0.717, 1.165) is 25.7 Å². The molecular formula is C21H21ClF3N5O3S. The van der Waals surface area contributed by atoms with Crippen LogP contribution in [0.3, 0.4) is 0 Å². The highest BCUT2D eigenvalue weighted by atomic mass is 35.5. The van der Waals surface area contributed by atoms with Gasteiger partial charge in [0, 0.05) is 18.8 Å². The molecule has 1 aliphatic carbocycles. The molecule has 0 atom stereocenters. The number of nitrogens with zero attached hydrogens (tertiary/aromatic N) is 4. The second-order valence-electron chi connectivity index (χ2n) is 8.24. The molecule has 13 heteroatoms. The Labute approximate surface area is 202 Å². The Bertz CT molecular complexity index is 1160. The molecule has 0 unspecified atom stereocenters. The standard InChI is InChI=1S/C21H20F3N5O3S.ClH/c22-21(23,24)31-14-3-4-15-16(10-14)33-18(27-15)25-11-13-5-7-20(8-6-13)12-29(19(30)32-20)17-2-1-9-26-28-17;/h1-4,9-10,13H,5-8,11-12H2,(H,25,27);1H. The fourth-order valence-electron chi connectivity index (χ4n) is 4.31. The van der Waals surface area contributed by atoms with E-state index in [1.54, 1.807) is 18.3 Å². The van der Waals surface area contributed by atoms with E-state index in [1.165, 1.54) is 34.4 Å². The van der Waals surface area contributed by atoms with E-state index in [9.17, 15) is 18.0 Å². The van der Waals surface area contributed by atoms with Crippen LogP contribution in [0.15, 0.2) is 36.5 Å². The van der Waals surface area contributed by atoms with Gasteiger partial charge in [-0.15, -0.1) is 30.7 Å². The molecule has 34 heavy (non-hydrogen) atoms. The minimum atomic E-state index is -4.73. The zero-order chi connectivity index (χ0) is 23.1. The van der Waals surface area contributed by atoms with E-state index in [4.69, 9.17) is 4.74 Å². The van der Waals surface area contributed by atoms with Gasteiger partial charge in [-0.2, -0.15) is 5.10 Å². The van der Waals surface area contributed by atoms with Gasteiger partial charge in [0.1, 0.15) is 11.4 Å². The maximum Gasteiger partial charge on any atom is 0.573 e. The topological polar surface area (TPSA) is 89.5 Å². The molecule has 1 aliphatic heterocycles. The third-order valence-electron chi connectivity index (χ3n) is 5.96. The summed E-state index contributed by atoms with van der Waals surface area (Å²) >= 11 is 1.28. The Balaban J connectivity index is 0.00000274. The SMILES string of the molecule is Cl.O=C1OC2(CCC(CNc3nc4ccc(OC(F)(F)F)cc4s3)CC2)CN1c1cccnn1. The predicted molar refractivity (Wildman–Crippen MR) is 123 cm³/mol. The van der Waals surface area contributed by atoms with Crippen LogP contribution >= 0.6 is 23.7 Å². The Morgan fingerprint density at radius 1 is 1.26 bits per heavy atom. The van der Waals surface area contributed by atoms with Crippen molar-refractivity contribution in [3.05, 3.63) is 36.5 Å². The zero-order valence-corrected chi connectivity index (χ0v) is 19.4. The number of rotatable bonds is 5. The number of nitrogens with one attached hydrogen (secondary N) is 1. The van der Waals surface area contributed by atoms with Gasteiger partial charge in [0.15, 0.2) is 10.9 Å². The number of halogens is 4. The molecule has 5 rings (SSSR count). The fraction of sp³-hybridized carbons (Fsp3) is 0.429. The molecule has 3 aromatic rings. The Hall–Kier alpha value is -2.86. The predicted octanol–water partition coefficient (Wildman–Crippen LogP) is 5.40. The van der Waals surface area contributed by atoms with Crippen molar-refractivity contribution in [1.29, 1.82) is 0 Å². The molecule has 1 saturated heterocycles. The van der Waals surface area contributed by atoms with Crippen LogP contribution in [0.1, 0.15) is 25.7 Å². The first-order valence-corrected chi connectivity index (χ1v) is 11.3. The number of anilines is 2. The summed E-state index contributed by atoms with van der Waals surface area (Å²) in [6.45, 7) is 1.15. The molecule has 3 heterocycles. The van der Waals surface area contributed by atoms with Crippen LogP contribution in [0.5, 0.6) is 5.75 Å². The number of hydrogen-bond acceptors (Lipinski definition) is 8. The number of aromatic nitrogens is 3. The highest BCUT2D eigenvalue weighted by molar-refractivity contribution is 7.22. The average molecular weight is 516 g/mol. The fourth-order valence-corrected chi connectivity index (χ4v) is 5.22. The monoisotopic (exact) mass is 515 g/mol. The van der Waals surface area contributed by atoms with Gasteiger partial charge in [0.05, 0.1) is 16.8 Å². The molecule has 0 bridgehead atoms. The number of alkyl halides is 3. The Kier molecular flexibility index (Phi) is 6.72. The van der Waals surface area contributed by atoms with Crippen LogP contribution < -0.4 is 15.0 Å². The van der Waals surface area contributed by atoms with Gasteiger partial charge in [-0.05, 0) is 55.9 Å². The first-order chi connectivity index (χ1) is 15.8. The molecule has 182 valence electrons. The van der Waals surface area contributed by atoms with E-state index in [-0.39, 0.29) is 18.2 Å². The van der Waals surface area contributed by atoms with Crippen LogP contribution in [0.2, 0.25) is 0 Å². The van der Waals surface area contributed by atoms with Crippen molar-refractivity contribution in [2.24, 2.45) is 5.92 Å². The van der Waals surface area contributed by atoms with Crippen molar-refractivity contribution >= 4 is 51.0 Å². The van der Waals surface area contributed by atoms with Gasteiger partial charge in [0.2, 0.25) is 0 Å². The summed E-state index contributed by atoms with van der Waals surface area (Å²) in [7, 11) is 0.